The third-order valence-electron chi connectivity index (χ3n) is 5.43. The first-order valence-corrected chi connectivity index (χ1v) is 12.2. The molecule has 0 spiro atoms. The molecule has 1 fully saturated rings. The van der Waals surface area contributed by atoms with Gasteiger partial charge >= 0.3 is 0 Å². The molecule has 0 bridgehead atoms. The van der Waals surface area contributed by atoms with Gasteiger partial charge in [0.25, 0.3) is 11.8 Å². The van der Waals surface area contributed by atoms with Crippen LogP contribution in [0.4, 0.5) is 5.69 Å². The topological polar surface area (TPSA) is 95.6 Å². The highest BCUT2D eigenvalue weighted by atomic mass is 32.2. The maximum Gasteiger partial charge on any atom is 0.255 e. The van der Waals surface area contributed by atoms with Gasteiger partial charge in [0.1, 0.15) is 0 Å². The number of nitrogens with zero attached hydrogens (tertiary/aromatic N) is 1. The number of sulfonamides is 1. The summed E-state index contributed by atoms with van der Waals surface area (Å²) < 4.78 is 26.5. The molecule has 8 heteroatoms. The molecule has 31 heavy (non-hydrogen) atoms. The van der Waals surface area contributed by atoms with E-state index in [1.54, 1.807) is 48.5 Å². The van der Waals surface area contributed by atoms with Crippen molar-refractivity contribution in [3.63, 3.8) is 0 Å². The van der Waals surface area contributed by atoms with Crippen LogP contribution in [0.5, 0.6) is 0 Å². The van der Waals surface area contributed by atoms with Crippen LogP contribution < -0.4 is 10.6 Å². The van der Waals surface area contributed by atoms with Gasteiger partial charge in [-0.25, -0.2) is 12.7 Å². The van der Waals surface area contributed by atoms with Crippen molar-refractivity contribution in [3.8, 4) is 0 Å². The van der Waals surface area contributed by atoms with Crippen LogP contribution in [0.2, 0.25) is 0 Å². The molecule has 0 unspecified atom stereocenters. The van der Waals surface area contributed by atoms with Gasteiger partial charge in [-0.15, -0.1) is 0 Å². The molecule has 1 aliphatic heterocycles. The maximum absolute atomic E-state index is 12.7. The standard InChI is InChI=1S/C23H29N3O4S/c1-3-17(2)24-23(28)20-8-4-5-9-21(20)25-22(27)19-12-10-18(11-13-19)16-31(29,30)26-14-6-7-15-26/h4-5,8-13,17H,3,6-7,14-16H2,1-2H3,(H,24,28)(H,25,27)/t17-/m1/s1. The monoisotopic (exact) mass is 443 g/mol. The summed E-state index contributed by atoms with van der Waals surface area (Å²) in [7, 11) is -3.33. The van der Waals surface area contributed by atoms with E-state index >= 15 is 0 Å². The normalized spacial score (nSPS) is 15.4. The van der Waals surface area contributed by atoms with Gasteiger partial charge in [0.05, 0.1) is 17.0 Å². The first-order valence-electron chi connectivity index (χ1n) is 10.6. The van der Waals surface area contributed by atoms with Gasteiger partial charge < -0.3 is 10.6 Å². The fourth-order valence-electron chi connectivity index (χ4n) is 3.41. The highest BCUT2D eigenvalue weighted by Gasteiger charge is 2.25. The first kappa shape index (κ1) is 23.0. The Morgan fingerprint density at radius 2 is 1.65 bits per heavy atom. The van der Waals surface area contributed by atoms with Crippen LogP contribution in [0, 0.1) is 0 Å². The second kappa shape index (κ2) is 10.1. The van der Waals surface area contributed by atoms with E-state index in [2.05, 4.69) is 10.6 Å². The Morgan fingerprint density at radius 3 is 2.29 bits per heavy atom. The summed E-state index contributed by atoms with van der Waals surface area (Å²) in [5.74, 6) is -0.682. The Hall–Kier alpha value is -2.71. The Kier molecular flexibility index (Phi) is 7.46. The lowest BCUT2D eigenvalue weighted by molar-refractivity contribution is 0.0940. The minimum absolute atomic E-state index is 0.0284. The molecule has 1 saturated heterocycles. The zero-order valence-corrected chi connectivity index (χ0v) is 18.7. The molecule has 1 heterocycles. The zero-order chi connectivity index (χ0) is 22.4. The molecule has 2 aromatic carbocycles. The second-order valence-corrected chi connectivity index (χ2v) is 9.81. The largest absolute Gasteiger partial charge is 0.350 e. The van der Waals surface area contributed by atoms with Crippen molar-refractivity contribution in [1.29, 1.82) is 0 Å². The lowest BCUT2D eigenvalue weighted by Gasteiger charge is -2.16. The number of benzene rings is 2. The summed E-state index contributed by atoms with van der Waals surface area (Å²) in [6, 6.07) is 13.4. The van der Waals surface area contributed by atoms with E-state index in [1.165, 1.54) is 4.31 Å². The molecule has 0 radical (unpaired) electrons. The fraction of sp³-hybridized carbons (Fsp3) is 0.391. The maximum atomic E-state index is 12.7. The van der Waals surface area contributed by atoms with Crippen molar-refractivity contribution in [2.75, 3.05) is 18.4 Å². The molecule has 0 saturated carbocycles. The number of carbonyl (C=O) groups excluding carboxylic acids is 2. The predicted octanol–water partition coefficient (Wildman–Crippen LogP) is 3.39. The van der Waals surface area contributed by atoms with Crippen molar-refractivity contribution in [1.82, 2.24) is 9.62 Å². The third-order valence-corrected chi connectivity index (χ3v) is 7.28. The number of anilines is 1. The van der Waals surface area contributed by atoms with Crippen LogP contribution in [0.3, 0.4) is 0 Å². The van der Waals surface area contributed by atoms with E-state index in [0.717, 1.165) is 19.3 Å². The van der Waals surface area contributed by atoms with E-state index in [9.17, 15) is 18.0 Å². The summed E-state index contributed by atoms with van der Waals surface area (Å²) in [4.78, 5) is 25.2. The van der Waals surface area contributed by atoms with Gasteiger partial charge in [-0.3, -0.25) is 9.59 Å². The van der Waals surface area contributed by atoms with Crippen molar-refractivity contribution in [3.05, 3.63) is 65.2 Å². The van der Waals surface area contributed by atoms with E-state index in [-0.39, 0.29) is 23.6 Å². The highest BCUT2D eigenvalue weighted by molar-refractivity contribution is 7.88. The summed E-state index contributed by atoms with van der Waals surface area (Å²) >= 11 is 0. The summed E-state index contributed by atoms with van der Waals surface area (Å²) in [6.45, 7) is 5.06. The third kappa shape index (κ3) is 5.92. The molecule has 7 nitrogen and oxygen atoms in total. The minimum atomic E-state index is -3.33. The van der Waals surface area contributed by atoms with Gasteiger partial charge in [-0.1, -0.05) is 31.2 Å². The quantitative estimate of drug-likeness (QED) is 0.654. The SMILES string of the molecule is CC[C@@H](C)NC(=O)c1ccccc1NC(=O)c1ccc(CS(=O)(=O)N2CCCC2)cc1. The zero-order valence-electron chi connectivity index (χ0n) is 17.9. The number of amides is 2. The van der Waals surface area contributed by atoms with Gasteiger partial charge in [0, 0.05) is 24.7 Å². The summed E-state index contributed by atoms with van der Waals surface area (Å²) in [5, 5.41) is 5.69. The average Bonchev–Trinajstić information content (AvgIpc) is 3.30. The van der Waals surface area contributed by atoms with Crippen molar-refractivity contribution in [2.24, 2.45) is 0 Å². The van der Waals surface area contributed by atoms with Crippen LogP contribution in [0.15, 0.2) is 48.5 Å². The minimum Gasteiger partial charge on any atom is -0.350 e. The van der Waals surface area contributed by atoms with Crippen LogP contribution in [-0.2, 0) is 15.8 Å². The Bertz CT molecular complexity index is 1030. The highest BCUT2D eigenvalue weighted by Crippen LogP contribution is 2.19. The lowest BCUT2D eigenvalue weighted by Crippen LogP contribution is -2.32. The van der Waals surface area contributed by atoms with Crippen molar-refractivity contribution >= 4 is 27.5 Å². The molecular weight excluding hydrogens is 414 g/mol. The number of nitrogens with one attached hydrogen (secondary N) is 2. The Balaban J connectivity index is 1.68. The first-order chi connectivity index (χ1) is 14.8. The van der Waals surface area contributed by atoms with E-state index in [0.29, 0.717) is 35.5 Å². The molecule has 3 rings (SSSR count). The predicted molar refractivity (Wildman–Crippen MR) is 121 cm³/mol. The molecule has 2 N–H and O–H groups in total. The molecule has 0 aromatic heterocycles. The Labute approximate surface area is 183 Å². The number of carbonyl (C=O) groups is 2. The smallest absolute Gasteiger partial charge is 0.255 e. The molecule has 1 aliphatic rings. The summed E-state index contributed by atoms with van der Waals surface area (Å²) in [6.07, 6.45) is 2.60. The van der Waals surface area contributed by atoms with Crippen LogP contribution in [0.25, 0.3) is 0 Å². The van der Waals surface area contributed by atoms with Gasteiger partial charge in [0.15, 0.2) is 0 Å². The number of hydrogen-bond acceptors (Lipinski definition) is 4. The van der Waals surface area contributed by atoms with E-state index < -0.39 is 10.0 Å². The Morgan fingerprint density at radius 1 is 1.00 bits per heavy atom. The average molecular weight is 444 g/mol. The molecule has 2 aromatic rings. The van der Waals surface area contributed by atoms with Gasteiger partial charge in [-0.2, -0.15) is 0 Å². The van der Waals surface area contributed by atoms with Crippen LogP contribution in [-0.4, -0.2) is 43.7 Å². The molecule has 1 atom stereocenters. The number of rotatable bonds is 8. The molecule has 0 aliphatic carbocycles. The second-order valence-electron chi connectivity index (χ2n) is 7.84. The van der Waals surface area contributed by atoms with E-state index in [4.69, 9.17) is 0 Å². The van der Waals surface area contributed by atoms with Gasteiger partial charge in [0.2, 0.25) is 10.0 Å². The van der Waals surface area contributed by atoms with Gasteiger partial charge in [-0.05, 0) is 56.0 Å². The van der Waals surface area contributed by atoms with E-state index in [1.807, 2.05) is 13.8 Å². The molecular formula is C23H29N3O4S. The van der Waals surface area contributed by atoms with Crippen LogP contribution in [0.1, 0.15) is 59.4 Å². The van der Waals surface area contributed by atoms with Crippen molar-refractivity contribution < 1.29 is 18.0 Å². The lowest BCUT2D eigenvalue weighted by atomic mass is 10.1. The van der Waals surface area contributed by atoms with Crippen LogP contribution >= 0.6 is 0 Å². The number of hydrogen-bond donors (Lipinski definition) is 2. The molecule has 2 amide bonds. The molecule has 166 valence electrons. The fourth-order valence-corrected chi connectivity index (χ4v) is 5.02. The summed E-state index contributed by atoms with van der Waals surface area (Å²) in [5.41, 5.74) is 1.84. The van der Waals surface area contributed by atoms with Crippen molar-refractivity contribution in [2.45, 2.75) is 44.9 Å². The number of para-hydroxylation sites is 1.